The molecule has 3 aromatic rings. The van der Waals surface area contributed by atoms with Crippen LogP contribution in [0.1, 0.15) is 37.9 Å². The Hall–Kier alpha value is -3.85. The first-order chi connectivity index (χ1) is 16.4. The molecule has 0 spiro atoms. The van der Waals surface area contributed by atoms with Crippen LogP contribution in [0.25, 0.3) is 0 Å². The molecule has 1 aliphatic rings. The van der Waals surface area contributed by atoms with Crippen molar-refractivity contribution >= 4 is 46.3 Å². The predicted octanol–water partition coefficient (Wildman–Crippen LogP) is 4.05. The second kappa shape index (κ2) is 10.4. The molecule has 2 aromatic carbocycles. The standard InChI is InChI=1S/C25H26N6O2S/c1-31(2)25(33)17-6-8-19(9-7-17)30-23-11-21(20(13-28-23)24(26)32)27-12-16-4-3-5-18(10-16)22-14-34-15-29-22/h3-11,13,15,22H,12,14H2,1-2H3,(H2,26,32)(H2,27,28,30). The van der Waals surface area contributed by atoms with Crippen LogP contribution < -0.4 is 16.4 Å². The van der Waals surface area contributed by atoms with Gasteiger partial charge in [-0.1, -0.05) is 24.3 Å². The highest BCUT2D eigenvalue weighted by Crippen LogP contribution is 2.28. The Morgan fingerprint density at radius 2 is 1.94 bits per heavy atom. The fourth-order valence-corrected chi connectivity index (χ4v) is 4.33. The Morgan fingerprint density at radius 1 is 1.15 bits per heavy atom. The first kappa shape index (κ1) is 23.3. The third-order valence-electron chi connectivity index (χ3n) is 5.37. The molecule has 0 saturated carbocycles. The van der Waals surface area contributed by atoms with Crippen LogP contribution in [0.15, 0.2) is 65.8 Å². The highest BCUT2D eigenvalue weighted by atomic mass is 32.2. The van der Waals surface area contributed by atoms with Gasteiger partial charge in [-0.15, -0.1) is 11.8 Å². The molecule has 4 N–H and O–H groups in total. The van der Waals surface area contributed by atoms with Crippen LogP contribution in [0.4, 0.5) is 17.2 Å². The minimum absolute atomic E-state index is 0.0652. The maximum Gasteiger partial charge on any atom is 0.253 e. The van der Waals surface area contributed by atoms with Gasteiger partial charge in [-0.3, -0.25) is 14.6 Å². The number of thioether (sulfide) groups is 1. The third-order valence-corrected chi connectivity index (χ3v) is 6.15. The number of aliphatic imine (C=N–C) groups is 1. The summed E-state index contributed by atoms with van der Waals surface area (Å²) < 4.78 is 0. The SMILES string of the molecule is CN(C)C(=O)c1ccc(Nc2cc(NCc3cccc(C4CSC=N4)c3)c(C(N)=O)cn2)cc1. The van der Waals surface area contributed by atoms with Crippen LogP contribution in [0.5, 0.6) is 0 Å². The van der Waals surface area contributed by atoms with E-state index in [1.165, 1.54) is 16.7 Å². The Bertz CT molecular complexity index is 1230. The van der Waals surface area contributed by atoms with Gasteiger partial charge in [-0.05, 0) is 35.4 Å². The van der Waals surface area contributed by atoms with Gasteiger partial charge in [-0.25, -0.2) is 4.98 Å². The number of anilines is 3. The van der Waals surface area contributed by atoms with E-state index in [0.717, 1.165) is 17.0 Å². The molecule has 1 aliphatic heterocycles. The van der Waals surface area contributed by atoms with E-state index in [1.54, 1.807) is 44.1 Å². The molecule has 8 nitrogen and oxygen atoms in total. The molecule has 4 rings (SSSR count). The molecule has 0 aliphatic carbocycles. The summed E-state index contributed by atoms with van der Waals surface area (Å²) in [6.07, 6.45) is 1.46. The fraction of sp³-hybridized carbons (Fsp3) is 0.200. The largest absolute Gasteiger partial charge is 0.380 e. The van der Waals surface area contributed by atoms with E-state index in [9.17, 15) is 9.59 Å². The molecular formula is C25H26N6O2S. The zero-order valence-corrected chi connectivity index (χ0v) is 19.8. The van der Waals surface area contributed by atoms with Gasteiger partial charge in [0.05, 0.1) is 22.8 Å². The quantitative estimate of drug-likeness (QED) is 0.454. The van der Waals surface area contributed by atoms with Crippen molar-refractivity contribution in [3.63, 3.8) is 0 Å². The number of benzene rings is 2. The van der Waals surface area contributed by atoms with Crippen LogP contribution in [0.2, 0.25) is 0 Å². The number of pyridine rings is 1. The highest BCUT2D eigenvalue weighted by molar-refractivity contribution is 8.12. The van der Waals surface area contributed by atoms with Crippen LogP contribution in [-0.4, -0.2) is 47.1 Å². The molecule has 34 heavy (non-hydrogen) atoms. The van der Waals surface area contributed by atoms with E-state index in [0.29, 0.717) is 29.2 Å². The van der Waals surface area contributed by atoms with Crippen molar-refractivity contribution in [1.82, 2.24) is 9.88 Å². The number of carbonyl (C=O) groups is 2. The number of nitrogens with two attached hydrogens (primary N) is 1. The van der Waals surface area contributed by atoms with Crippen LogP contribution >= 0.6 is 11.8 Å². The van der Waals surface area contributed by atoms with Crippen molar-refractivity contribution < 1.29 is 9.59 Å². The summed E-state index contributed by atoms with van der Waals surface area (Å²) >= 11 is 1.71. The first-order valence-electron chi connectivity index (χ1n) is 10.8. The lowest BCUT2D eigenvalue weighted by molar-refractivity contribution is 0.0827. The number of hydrogen-bond acceptors (Lipinski definition) is 7. The average Bonchev–Trinajstić information content (AvgIpc) is 3.38. The maximum absolute atomic E-state index is 12.1. The molecule has 0 saturated heterocycles. The lowest BCUT2D eigenvalue weighted by Crippen LogP contribution is -2.21. The minimum Gasteiger partial charge on any atom is -0.380 e. The van der Waals surface area contributed by atoms with E-state index in [4.69, 9.17) is 5.73 Å². The fourth-order valence-electron chi connectivity index (χ4n) is 3.55. The molecule has 2 amide bonds. The zero-order valence-electron chi connectivity index (χ0n) is 19.0. The lowest BCUT2D eigenvalue weighted by atomic mass is 10.1. The normalized spacial score (nSPS) is 14.6. The van der Waals surface area contributed by atoms with E-state index < -0.39 is 5.91 Å². The molecule has 174 valence electrons. The Morgan fingerprint density at radius 3 is 2.62 bits per heavy atom. The van der Waals surface area contributed by atoms with E-state index in [1.807, 2.05) is 29.8 Å². The number of carbonyl (C=O) groups excluding carboxylic acids is 2. The number of aromatic nitrogens is 1. The molecule has 0 bridgehead atoms. The lowest BCUT2D eigenvalue weighted by Gasteiger charge is -2.14. The molecule has 9 heteroatoms. The van der Waals surface area contributed by atoms with Gasteiger partial charge in [0.1, 0.15) is 5.82 Å². The summed E-state index contributed by atoms with van der Waals surface area (Å²) in [5, 5.41) is 6.52. The second-order valence-electron chi connectivity index (χ2n) is 8.08. The molecule has 0 fully saturated rings. The topological polar surface area (TPSA) is 113 Å². The summed E-state index contributed by atoms with van der Waals surface area (Å²) in [7, 11) is 3.43. The third kappa shape index (κ3) is 5.55. The van der Waals surface area contributed by atoms with Crippen molar-refractivity contribution in [2.45, 2.75) is 12.6 Å². The summed E-state index contributed by atoms with van der Waals surface area (Å²) in [6, 6.07) is 17.3. The first-order valence-corrected chi connectivity index (χ1v) is 11.8. The highest BCUT2D eigenvalue weighted by Gasteiger charge is 2.15. The number of nitrogens with one attached hydrogen (secondary N) is 2. The number of nitrogens with zero attached hydrogens (tertiary/aromatic N) is 3. The van der Waals surface area contributed by atoms with Gasteiger partial charge < -0.3 is 21.3 Å². The molecule has 1 unspecified atom stereocenters. The molecular weight excluding hydrogens is 448 g/mol. The van der Waals surface area contributed by atoms with Gasteiger partial charge >= 0.3 is 0 Å². The number of rotatable bonds is 8. The predicted molar refractivity (Wildman–Crippen MR) is 138 cm³/mol. The summed E-state index contributed by atoms with van der Waals surface area (Å²) in [6.45, 7) is 0.516. The number of primary amides is 1. The molecule has 0 radical (unpaired) electrons. The van der Waals surface area contributed by atoms with Gasteiger partial charge in [0.2, 0.25) is 0 Å². The van der Waals surface area contributed by atoms with Crippen molar-refractivity contribution in [2.75, 3.05) is 30.5 Å². The molecule has 2 heterocycles. The van der Waals surface area contributed by atoms with Crippen LogP contribution in [0, 0.1) is 0 Å². The van der Waals surface area contributed by atoms with Crippen molar-refractivity contribution in [3.8, 4) is 0 Å². The van der Waals surface area contributed by atoms with Crippen LogP contribution in [0.3, 0.4) is 0 Å². The van der Waals surface area contributed by atoms with Crippen LogP contribution in [-0.2, 0) is 6.54 Å². The second-order valence-corrected chi connectivity index (χ2v) is 8.96. The van der Waals surface area contributed by atoms with E-state index in [2.05, 4.69) is 32.7 Å². The summed E-state index contributed by atoms with van der Waals surface area (Å²) in [5.41, 5.74) is 12.0. The van der Waals surface area contributed by atoms with Crippen molar-refractivity contribution in [2.24, 2.45) is 10.7 Å². The van der Waals surface area contributed by atoms with Gasteiger partial charge in [-0.2, -0.15) is 0 Å². The average molecular weight is 475 g/mol. The summed E-state index contributed by atoms with van der Waals surface area (Å²) in [5.74, 6) is 0.876. The smallest absolute Gasteiger partial charge is 0.253 e. The monoisotopic (exact) mass is 474 g/mol. The summed E-state index contributed by atoms with van der Waals surface area (Å²) in [4.78, 5) is 34.4. The van der Waals surface area contributed by atoms with Gasteiger partial charge in [0.15, 0.2) is 0 Å². The zero-order chi connectivity index (χ0) is 24.1. The van der Waals surface area contributed by atoms with Gasteiger partial charge in [0.25, 0.3) is 11.8 Å². The van der Waals surface area contributed by atoms with E-state index >= 15 is 0 Å². The number of amides is 2. The van der Waals surface area contributed by atoms with Gasteiger partial charge in [0, 0.05) is 49.9 Å². The maximum atomic E-state index is 12.1. The Balaban J connectivity index is 1.49. The molecule has 1 atom stereocenters. The van der Waals surface area contributed by atoms with Crippen molar-refractivity contribution in [1.29, 1.82) is 0 Å². The Labute approximate surface area is 202 Å². The Kier molecular flexibility index (Phi) is 7.12. The van der Waals surface area contributed by atoms with Crippen molar-refractivity contribution in [3.05, 3.63) is 83.0 Å². The number of hydrogen-bond donors (Lipinski definition) is 3. The van der Waals surface area contributed by atoms with E-state index in [-0.39, 0.29) is 11.9 Å². The minimum atomic E-state index is -0.556. The molecule has 1 aromatic heterocycles.